The summed E-state index contributed by atoms with van der Waals surface area (Å²) in [6.45, 7) is 0. The van der Waals surface area contributed by atoms with Crippen molar-refractivity contribution in [2.24, 2.45) is 5.10 Å². The molecule has 206 valence electrons. The van der Waals surface area contributed by atoms with Gasteiger partial charge >= 0.3 is 5.69 Å². The Balaban J connectivity index is 1.66. The van der Waals surface area contributed by atoms with Gasteiger partial charge in [0, 0.05) is 28.7 Å². The van der Waals surface area contributed by atoms with Crippen molar-refractivity contribution >= 4 is 29.0 Å². The fourth-order valence-electron chi connectivity index (χ4n) is 4.67. The minimum absolute atomic E-state index is 0.00138. The molecule has 0 aliphatic carbocycles. The normalized spacial score (nSPS) is 14.2. The number of non-ortho nitro benzene ring substituents is 1. The Bertz CT molecular complexity index is 1690. The predicted molar refractivity (Wildman–Crippen MR) is 154 cm³/mol. The summed E-state index contributed by atoms with van der Waals surface area (Å²) in [5.74, 6) is 1.92. The average molecular weight is 553 g/mol. The van der Waals surface area contributed by atoms with Gasteiger partial charge in [-0.1, -0.05) is 48.5 Å². The van der Waals surface area contributed by atoms with Gasteiger partial charge in [0.05, 0.1) is 36.3 Å². The van der Waals surface area contributed by atoms with Crippen molar-refractivity contribution in [3.05, 3.63) is 133 Å². The van der Waals surface area contributed by atoms with E-state index in [1.165, 1.54) is 12.1 Å². The first-order valence-corrected chi connectivity index (χ1v) is 12.4. The third kappa shape index (κ3) is 5.41. The molecule has 0 aromatic heterocycles. The van der Waals surface area contributed by atoms with Gasteiger partial charge in [-0.25, -0.2) is 0 Å². The molecule has 0 radical (unpaired) electrons. The summed E-state index contributed by atoms with van der Waals surface area (Å²) < 4.78 is 17.4. The van der Waals surface area contributed by atoms with Crippen LogP contribution in [0.15, 0.2) is 102 Å². The molecule has 0 amide bonds. The number of para-hydroxylation sites is 1. The van der Waals surface area contributed by atoms with E-state index in [0.29, 0.717) is 34.1 Å². The van der Waals surface area contributed by atoms with Crippen LogP contribution in [-0.2, 0) is 0 Å². The summed E-state index contributed by atoms with van der Waals surface area (Å²) >= 11 is 0. The Morgan fingerprint density at radius 2 is 1.59 bits per heavy atom. The van der Waals surface area contributed by atoms with Gasteiger partial charge in [0.2, 0.25) is 0 Å². The third-order valence-electron chi connectivity index (χ3n) is 6.57. The van der Waals surface area contributed by atoms with E-state index in [-0.39, 0.29) is 11.6 Å². The molecule has 0 unspecified atom stereocenters. The maximum atomic E-state index is 11.6. The van der Waals surface area contributed by atoms with Crippen LogP contribution in [0.25, 0.3) is 5.76 Å². The summed E-state index contributed by atoms with van der Waals surface area (Å²) in [5.41, 5.74) is 5.06. The number of nitrogens with zero attached hydrogens (tertiary/aromatic N) is 3. The summed E-state index contributed by atoms with van der Waals surface area (Å²) in [7, 11) is 3.10. The SMILES string of the molecule is COc1ccc(C2=C(C=NNc3ccc([N+](=O)[O-])cc3[N+](=O)[O-])[C@H](c3ccccc3)c3ccccc3O2)cc1OC. The standard InChI is InChI=1S/C30H24N4O7/c1-39-27-15-12-20(16-28(27)40-2)30-23(18-31-32-24-14-13-21(33(35)36)17-25(24)34(37)38)29(19-8-4-3-5-9-19)22-10-6-7-11-26(22)41-30/h3-18,29,32H,1-2H3/t29-/m1/s1. The van der Waals surface area contributed by atoms with Crippen molar-refractivity contribution in [2.45, 2.75) is 5.92 Å². The molecule has 11 heteroatoms. The maximum Gasteiger partial charge on any atom is 0.301 e. The molecular weight excluding hydrogens is 528 g/mol. The molecule has 41 heavy (non-hydrogen) atoms. The average Bonchev–Trinajstić information content (AvgIpc) is 3.00. The minimum Gasteiger partial charge on any atom is -0.493 e. The number of fused-ring (bicyclic) bond motifs is 1. The Labute approximate surface area is 234 Å². The second-order valence-corrected chi connectivity index (χ2v) is 8.92. The molecule has 4 aromatic carbocycles. The first-order valence-electron chi connectivity index (χ1n) is 12.4. The fourth-order valence-corrected chi connectivity index (χ4v) is 4.67. The highest BCUT2D eigenvalue weighted by Crippen LogP contribution is 2.46. The molecule has 0 saturated heterocycles. The Morgan fingerprint density at radius 1 is 0.854 bits per heavy atom. The maximum absolute atomic E-state index is 11.6. The largest absolute Gasteiger partial charge is 0.493 e. The van der Waals surface area contributed by atoms with Gasteiger partial charge in [-0.15, -0.1) is 0 Å². The van der Waals surface area contributed by atoms with Gasteiger partial charge in [-0.2, -0.15) is 5.10 Å². The van der Waals surface area contributed by atoms with E-state index in [1.807, 2.05) is 60.7 Å². The second kappa shape index (κ2) is 11.6. The molecule has 1 N–H and O–H groups in total. The van der Waals surface area contributed by atoms with Crippen LogP contribution in [0.3, 0.4) is 0 Å². The van der Waals surface area contributed by atoms with E-state index in [4.69, 9.17) is 14.2 Å². The van der Waals surface area contributed by atoms with E-state index in [0.717, 1.165) is 17.2 Å². The van der Waals surface area contributed by atoms with Crippen molar-refractivity contribution in [1.82, 2.24) is 0 Å². The molecule has 4 aromatic rings. The van der Waals surface area contributed by atoms with Crippen molar-refractivity contribution in [3.8, 4) is 17.2 Å². The fraction of sp³-hybridized carbons (Fsp3) is 0.100. The van der Waals surface area contributed by atoms with E-state index in [9.17, 15) is 20.2 Å². The lowest BCUT2D eigenvalue weighted by molar-refractivity contribution is -0.393. The Kier molecular flexibility index (Phi) is 7.59. The van der Waals surface area contributed by atoms with Crippen LogP contribution < -0.4 is 19.6 Å². The number of methoxy groups -OCH3 is 2. The molecule has 11 nitrogen and oxygen atoms in total. The molecule has 0 spiro atoms. The van der Waals surface area contributed by atoms with Gasteiger partial charge in [-0.05, 0) is 35.9 Å². The van der Waals surface area contributed by atoms with Crippen LogP contribution in [0.5, 0.6) is 17.2 Å². The first-order chi connectivity index (χ1) is 19.9. The molecule has 5 rings (SSSR count). The zero-order chi connectivity index (χ0) is 28.9. The van der Waals surface area contributed by atoms with Crippen LogP contribution in [0, 0.1) is 20.2 Å². The van der Waals surface area contributed by atoms with Crippen LogP contribution in [-0.4, -0.2) is 30.3 Å². The quantitative estimate of drug-likeness (QED) is 0.140. The molecule has 0 bridgehead atoms. The van der Waals surface area contributed by atoms with Gasteiger partial charge in [0.15, 0.2) is 11.5 Å². The molecule has 1 aliphatic heterocycles. The zero-order valence-electron chi connectivity index (χ0n) is 22.0. The van der Waals surface area contributed by atoms with E-state index < -0.39 is 21.2 Å². The number of allylic oxidation sites excluding steroid dienone is 1. The van der Waals surface area contributed by atoms with Crippen LogP contribution >= 0.6 is 0 Å². The number of rotatable bonds is 9. The lowest BCUT2D eigenvalue weighted by Gasteiger charge is -2.30. The van der Waals surface area contributed by atoms with E-state index >= 15 is 0 Å². The summed E-state index contributed by atoms with van der Waals surface area (Å²) in [6.07, 6.45) is 1.55. The summed E-state index contributed by atoms with van der Waals surface area (Å²) in [5, 5.41) is 27.1. The van der Waals surface area contributed by atoms with Gasteiger partial charge in [0.1, 0.15) is 17.2 Å². The van der Waals surface area contributed by atoms with Gasteiger partial charge in [0.25, 0.3) is 5.69 Å². The lowest BCUT2D eigenvalue weighted by Crippen LogP contribution is -2.18. The number of nitro groups is 2. The highest BCUT2D eigenvalue weighted by Gasteiger charge is 2.31. The number of anilines is 1. The van der Waals surface area contributed by atoms with E-state index in [1.54, 1.807) is 32.6 Å². The number of ether oxygens (including phenoxy) is 3. The molecule has 1 heterocycles. The van der Waals surface area contributed by atoms with Crippen molar-refractivity contribution in [2.75, 3.05) is 19.6 Å². The second-order valence-electron chi connectivity index (χ2n) is 8.92. The number of hydrazone groups is 1. The monoisotopic (exact) mass is 552 g/mol. The topological polar surface area (TPSA) is 138 Å². The smallest absolute Gasteiger partial charge is 0.301 e. The Hall–Kier alpha value is -5.71. The predicted octanol–water partition coefficient (Wildman–Crippen LogP) is 6.55. The van der Waals surface area contributed by atoms with Crippen molar-refractivity contribution in [3.63, 3.8) is 0 Å². The molecular formula is C30H24N4O7. The highest BCUT2D eigenvalue weighted by molar-refractivity contribution is 5.94. The lowest BCUT2D eigenvalue weighted by atomic mass is 9.81. The number of benzene rings is 4. The van der Waals surface area contributed by atoms with Crippen LogP contribution in [0.4, 0.5) is 17.1 Å². The summed E-state index contributed by atoms with van der Waals surface area (Å²) in [4.78, 5) is 21.4. The van der Waals surface area contributed by atoms with Crippen LogP contribution in [0.2, 0.25) is 0 Å². The summed E-state index contributed by atoms with van der Waals surface area (Å²) in [6, 6.07) is 26.2. The zero-order valence-corrected chi connectivity index (χ0v) is 22.0. The number of nitro benzene ring substituents is 2. The van der Waals surface area contributed by atoms with Crippen LogP contribution in [0.1, 0.15) is 22.6 Å². The third-order valence-corrected chi connectivity index (χ3v) is 6.57. The Morgan fingerprint density at radius 3 is 2.29 bits per heavy atom. The van der Waals surface area contributed by atoms with Crippen molar-refractivity contribution in [1.29, 1.82) is 0 Å². The number of nitrogens with one attached hydrogen (secondary N) is 1. The number of hydrogen-bond donors (Lipinski definition) is 1. The molecule has 0 fully saturated rings. The number of hydrogen-bond acceptors (Lipinski definition) is 9. The highest BCUT2D eigenvalue weighted by atomic mass is 16.6. The molecule has 1 aliphatic rings. The minimum atomic E-state index is -0.702. The van der Waals surface area contributed by atoms with Crippen molar-refractivity contribution < 1.29 is 24.1 Å². The first kappa shape index (κ1) is 26.9. The molecule has 0 saturated carbocycles. The van der Waals surface area contributed by atoms with Gasteiger partial charge < -0.3 is 14.2 Å². The van der Waals surface area contributed by atoms with Gasteiger partial charge in [-0.3, -0.25) is 25.7 Å². The molecule has 1 atom stereocenters. The van der Waals surface area contributed by atoms with E-state index in [2.05, 4.69) is 10.5 Å².